The Balaban J connectivity index is 1.89. The van der Waals surface area contributed by atoms with Crippen molar-refractivity contribution < 1.29 is 9.53 Å². The molecule has 2 aliphatic rings. The zero-order chi connectivity index (χ0) is 12.3. The number of thioether (sulfide) groups is 1. The Morgan fingerprint density at radius 3 is 2.65 bits per heavy atom. The van der Waals surface area contributed by atoms with Crippen LogP contribution in [0.15, 0.2) is 0 Å². The van der Waals surface area contributed by atoms with Crippen LogP contribution in [-0.2, 0) is 9.53 Å². The van der Waals surface area contributed by atoms with Gasteiger partial charge >= 0.3 is 0 Å². The summed E-state index contributed by atoms with van der Waals surface area (Å²) < 4.78 is 5.63. The Kier molecular flexibility index (Phi) is 4.70. The summed E-state index contributed by atoms with van der Waals surface area (Å²) in [5.41, 5.74) is 0. The lowest BCUT2D eigenvalue weighted by Crippen LogP contribution is -2.53. The van der Waals surface area contributed by atoms with E-state index in [1.54, 1.807) is 0 Å². The quantitative estimate of drug-likeness (QED) is 0.729. The number of carbonyl (C=O) groups is 1. The molecular formula is C12H22N2O2S. The molecule has 5 heteroatoms. The second-order valence-corrected chi connectivity index (χ2v) is 6.11. The molecule has 0 aromatic carbocycles. The van der Waals surface area contributed by atoms with Gasteiger partial charge in [0.05, 0.1) is 6.61 Å². The van der Waals surface area contributed by atoms with Gasteiger partial charge in [0.15, 0.2) is 0 Å². The summed E-state index contributed by atoms with van der Waals surface area (Å²) in [5.74, 6) is 2.31. The molecule has 0 aromatic heterocycles. The van der Waals surface area contributed by atoms with E-state index in [2.05, 4.69) is 18.7 Å². The van der Waals surface area contributed by atoms with E-state index in [9.17, 15) is 4.79 Å². The van der Waals surface area contributed by atoms with E-state index in [0.29, 0.717) is 12.6 Å². The van der Waals surface area contributed by atoms with Crippen LogP contribution < -0.4 is 0 Å². The Morgan fingerprint density at radius 1 is 1.29 bits per heavy atom. The highest BCUT2D eigenvalue weighted by atomic mass is 32.2. The van der Waals surface area contributed by atoms with E-state index in [-0.39, 0.29) is 12.0 Å². The molecule has 0 N–H and O–H groups in total. The summed E-state index contributed by atoms with van der Waals surface area (Å²) in [7, 11) is 0. The van der Waals surface area contributed by atoms with Gasteiger partial charge < -0.3 is 9.64 Å². The van der Waals surface area contributed by atoms with Crippen LogP contribution in [0.5, 0.6) is 0 Å². The summed E-state index contributed by atoms with van der Waals surface area (Å²) in [6.45, 7) is 8.47. The van der Waals surface area contributed by atoms with Crippen LogP contribution in [0.25, 0.3) is 0 Å². The van der Waals surface area contributed by atoms with Gasteiger partial charge in [0.25, 0.3) is 5.91 Å². The monoisotopic (exact) mass is 258 g/mol. The SMILES string of the molecule is CC(C)N1CCOC(C(=O)N2CCSCC2)C1. The zero-order valence-corrected chi connectivity index (χ0v) is 11.5. The van der Waals surface area contributed by atoms with Crippen molar-refractivity contribution >= 4 is 17.7 Å². The van der Waals surface area contributed by atoms with Crippen molar-refractivity contribution in [2.75, 3.05) is 44.3 Å². The van der Waals surface area contributed by atoms with Gasteiger partial charge in [0.2, 0.25) is 0 Å². The number of ether oxygens (including phenoxy) is 1. The highest BCUT2D eigenvalue weighted by Crippen LogP contribution is 2.15. The first kappa shape index (κ1) is 13.2. The van der Waals surface area contributed by atoms with Crippen molar-refractivity contribution in [1.82, 2.24) is 9.80 Å². The Labute approximate surface area is 108 Å². The predicted molar refractivity (Wildman–Crippen MR) is 70.4 cm³/mol. The fourth-order valence-electron chi connectivity index (χ4n) is 2.27. The molecular weight excluding hydrogens is 236 g/mol. The molecule has 98 valence electrons. The van der Waals surface area contributed by atoms with E-state index in [4.69, 9.17) is 4.74 Å². The minimum absolute atomic E-state index is 0.190. The van der Waals surface area contributed by atoms with E-state index < -0.39 is 0 Å². The van der Waals surface area contributed by atoms with Gasteiger partial charge in [-0.2, -0.15) is 11.8 Å². The highest BCUT2D eigenvalue weighted by Gasteiger charge is 2.31. The summed E-state index contributed by atoms with van der Waals surface area (Å²) >= 11 is 1.92. The summed E-state index contributed by atoms with van der Waals surface area (Å²) in [4.78, 5) is 16.6. The maximum absolute atomic E-state index is 12.3. The molecule has 4 nitrogen and oxygen atoms in total. The average Bonchev–Trinajstić information content (AvgIpc) is 2.39. The van der Waals surface area contributed by atoms with E-state index in [1.165, 1.54) is 0 Å². The first-order chi connectivity index (χ1) is 8.18. The lowest BCUT2D eigenvalue weighted by atomic mass is 10.2. The van der Waals surface area contributed by atoms with Gasteiger partial charge in [-0.15, -0.1) is 0 Å². The molecule has 2 fully saturated rings. The lowest BCUT2D eigenvalue weighted by molar-refractivity contribution is -0.149. The molecule has 2 aliphatic heterocycles. The van der Waals surface area contributed by atoms with Crippen molar-refractivity contribution in [3.05, 3.63) is 0 Å². The maximum Gasteiger partial charge on any atom is 0.253 e. The molecule has 2 saturated heterocycles. The second-order valence-electron chi connectivity index (χ2n) is 4.89. The van der Waals surface area contributed by atoms with Crippen molar-refractivity contribution in [3.8, 4) is 0 Å². The van der Waals surface area contributed by atoms with Crippen LogP contribution in [0.1, 0.15) is 13.8 Å². The molecule has 0 spiro atoms. The topological polar surface area (TPSA) is 32.8 Å². The van der Waals surface area contributed by atoms with Crippen molar-refractivity contribution in [2.45, 2.75) is 26.0 Å². The Morgan fingerprint density at radius 2 is 2.00 bits per heavy atom. The second kappa shape index (κ2) is 6.07. The third kappa shape index (κ3) is 3.36. The van der Waals surface area contributed by atoms with Gasteiger partial charge in [0.1, 0.15) is 6.10 Å². The van der Waals surface area contributed by atoms with Gasteiger partial charge in [-0.1, -0.05) is 0 Å². The molecule has 2 rings (SSSR count). The standard InChI is InChI=1S/C12H22N2O2S/c1-10(2)14-3-6-16-11(9-14)12(15)13-4-7-17-8-5-13/h10-11H,3-9H2,1-2H3. The van der Waals surface area contributed by atoms with E-state index in [0.717, 1.165) is 37.7 Å². The fraction of sp³-hybridized carbons (Fsp3) is 0.917. The average molecular weight is 258 g/mol. The molecule has 0 radical (unpaired) electrons. The van der Waals surface area contributed by atoms with Crippen LogP contribution in [0.3, 0.4) is 0 Å². The van der Waals surface area contributed by atoms with Crippen molar-refractivity contribution in [1.29, 1.82) is 0 Å². The number of hydrogen-bond acceptors (Lipinski definition) is 4. The molecule has 1 unspecified atom stereocenters. The van der Waals surface area contributed by atoms with E-state index >= 15 is 0 Å². The number of rotatable bonds is 2. The Hall–Kier alpha value is -0.260. The van der Waals surface area contributed by atoms with Gasteiger partial charge in [-0.05, 0) is 13.8 Å². The molecule has 0 aromatic rings. The van der Waals surface area contributed by atoms with Crippen LogP contribution >= 0.6 is 11.8 Å². The lowest BCUT2D eigenvalue weighted by Gasteiger charge is -2.37. The number of amides is 1. The molecule has 2 heterocycles. The van der Waals surface area contributed by atoms with Crippen LogP contribution in [0, 0.1) is 0 Å². The molecule has 1 amide bonds. The smallest absolute Gasteiger partial charge is 0.253 e. The zero-order valence-electron chi connectivity index (χ0n) is 10.7. The Bertz CT molecular complexity index is 267. The number of nitrogens with zero attached hydrogens (tertiary/aromatic N) is 2. The first-order valence-electron chi connectivity index (χ1n) is 6.40. The molecule has 17 heavy (non-hydrogen) atoms. The van der Waals surface area contributed by atoms with Crippen molar-refractivity contribution in [2.24, 2.45) is 0 Å². The molecule has 1 atom stereocenters. The number of morpholine rings is 1. The third-order valence-electron chi connectivity index (χ3n) is 3.43. The van der Waals surface area contributed by atoms with Crippen LogP contribution in [0.2, 0.25) is 0 Å². The summed E-state index contributed by atoms with van der Waals surface area (Å²) in [6, 6.07) is 0.492. The van der Waals surface area contributed by atoms with Crippen LogP contribution in [0.4, 0.5) is 0 Å². The fourth-order valence-corrected chi connectivity index (χ4v) is 3.18. The number of hydrogen-bond donors (Lipinski definition) is 0. The largest absolute Gasteiger partial charge is 0.366 e. The number of carbonyl (C=O) groups excluding carboxylic acids is 1. The minimum atomic E-state index is -0.241. The van der Waals surface area contributed by atoms with Gasteiger partial charge in [-0.3, -0.25) is 9.69 Å². The highest BCUT2D eigenvalue weighted by molar-refractivity contribution is 7.99. The molecule has 0 bridgehead atoms. The van der Waals surface area contributed by atoms with Crippen LogP contribution in [-0.4, -0.2) is 72.1 Å². The summed E-state index contributed by atoms with van der Waals surface area (Å²) in [6.07, 6.45) is -0.241. The predicted octanol–water partition coefficient (Wildman–Crippen LogP) is 0.671. The normalized spacial score (nSPS) is 27.5. The minimum Gasteiger partial charge on any atom is -0.366 e. The third-order valence-corrected chi connectivity index (χ3v) is 4.37. The summed E-state index contributed by atoms with van der Waals surface area (Å²) in [5, 5.41) is 0. The maximum atomic E-state index is 12.3. The first-order valence-corrected chi connectivity index (χ1v) is 7.56. The van der Waals surface area contributed by atoms with E-state index in [1.807, 2.05) is 16.7 Å². The van der Waals surface area contributed by atoms with Crippen molar-refractivity contribution in [3.63, 3.8) is 0 Å². The van der Waals surface area contributed by atoms with Gasteiger partial charge in [-0.25, -0.2) is 0 Å². The molecule has 0 aliphatic carbocycles. The molecule has 0 saturated carbocycles. The van der Waals surface area contributed by atoms with Gasteiger partial charge in [0, 0.05) is 43.7 Å².